The fourth-order valence-electron chi connectivity index (χ4n) is 1.43. The van der Waals surface area contributed by atoms with E-state index in [-0.39, 0.29) is 0 Å². The van der Waals surface area contributed by atoms with Gasteiger partial charge in [0.1, 0.15) is 5.82 Å². The van der Waals surface area contributed by atoms with Crippen LogP contribution in [-0.2, 0) is 7.05 Å². The topological polar surface area (TPSA) is 41.6 Å². The summed E-state index contributed by atoms with van der Waals surface area (Å²) in [6, 6.07) is 8.02. The van der Waals surface area contributed by atoms with Crippen LogP contribution in [0.25, 0.3) is 11.3 Å². The highest BCUT2D eigenvalue weighted by Gasteiger charge is 2.08. The molecule has 1 heterocycles. The van der Waals surface area contributed by atoms with Crippen molar-refractivity contribution in [2.75, 3.05) is 0 Å². The van der Waals surface area contributed by atoms with Crippen LogP contribution in [0.4, 0.5) is 4.39 Å². The van der Waals surface area contributed by atoms with Gasteiger partial charge in [0.15, 0.2) is 0 Å². The zero-order valence-electron chi connectivity index (χ0n) is 8.11. The van der Waals surface area contributed by atoms with E-state index in [9.17, 15) is 4.39 Å². The molecule has 0 amide bonds. The number of hydrogen-bond donors (Lipinski definition) is 0. The van der Waals surface area contributed by atoms with E-state index in [2.05, 4.69) is 5.10 Å². The van der Waals surface area contributed by atoms with E-state index in [1.807, 2.05) is 6.07 Å². The zero-order valence-corrected chi connectivity index (χ0v) is 8.11. The maximum Gasteiger partial charge on any atom is 0.133 e. The minimum absolute atomic E-state index is 0.318. The van der Waals surface area contributed by atoms with Crippen molar-refractivity contribution in [2.24, 2.45) is 7.05 Å². The normalized spacial score (nSPS) is 9.93. The minimum atomic E-state index is -0.405. The Balaban J connectivity index is 2.56. The van der Waals surface area contributed by atoms with Gasteiger partial charge in [-0.1, -0.05) is 0 Å². The molecule has 15 heavy (non-hydrogen) atoms. The SMILES string of the molecule is Cn1nccc1-c1ccc(C#N)cc1F. The van der Waals surface area contributed by atoms with Crippen LogP contribution in [0.3, 0.4) is 0 Å². The first kappa shape index (κ1) is 9.41. The molecule has 0 spiro atoms. The predicted molar refractivity (Wildman–Crippen MR) is 53.3 cm³/mol. The van der Waals surface area contributed by atoms with Crippen molar-refractivity contribution in [2.45, 2.75) is 0 Å². The minimum Gasteiger partial charge on any atom is -0.268 e. The van der Waals surface area contributed by atoms with Crippen molar-refractivity contribution < 1.29 is 4.39 Å². The lowest BCUT2D eigenvalue weighted by molar-refractivity contribution is 0.627. The molecule has 0 N–H and O–H groups in total. The monoisotopic (exact) mass is 201 g/mol. The molecule has 0 radical (unpaired) electrons. The number of nitriles is 1. The molecule has 3 nitrogen and oxygen atoms in total. The summed E-state index contributed by atoms with van der Waals surface area (Å²) < 4.78 is 15.2. The first-order valence-electron chi connectivity index (χ1n) is 4.40. The first-order chi connectivity index (χ1) is 7.22. The summed E-state index contributed by atoms with van der Waals surface area (Å²) >= 11 is 0. The number of benzene rings is 1. The van der Waals surface area contributed by atoms with Crippen LogP contribution < -0.4 is 0 Å². The molecule has 0 unspecified atom stereocenters. The number of hydrogen-bond acceptors (Lipinski definition) is 2. The Kier molecular flexibility index (Phi) is 2.22. The quantitative estimate of drug-likeness (QED) is 0.709. The van der Waals surface area contributed by atoms with E-state index in [1.54, 1.807) is 36.1 Å². The van der Waals surface area contributed by atoms with Crippen LogP contribution in [0.15, 0.2) is 30.5 Å². The Labute approximate surface area is 86.4 Å². The van der Waals surface area contributed by atoms with Crippen molar-refractivity contribution in [1.29, 1.82) is 5.26 Å². The summed E-state index contributed by atoms with van der Waals surface area (Å²) in [6.07, 6.45) is 1.60. The molecule has 1 aromatic heterocycles. The van der Waals surface area contributed by atoms with E-state index in [1.165, 1.54) is 6.07 Å². The van der Waals surface area contributed by atoms with Gasteiger partial charge in [0.25, 0.3) is 0 Å². The van der Waals surface area contributed by atoms with Gasteiger partial charge in [-0.15, -0.1) is 0 Å². The molecule has 2 rings (SSSR count). The van der Waals surface area contributed by atoms with Crippen molar-refractivity contribution in [3.8, 4) is 17.3 Å². The molecule has 0 aliphatic rings. The van der Waals surface area contributed by atoms with Crippen molar-refractivity contribution >= 4 is 0 Å². The molecule has 4 heteroatoms. The van der Waals surface area contributed by atoms with Crippen LogP contribution in [0, 0.1) is 17.1 Å². The molecule has 2 aromatic rings. The second-order valence-electron chi connectivity index (χ2n) is 3.15. The molecule has 74 valence electrons. The van der Waals surface area contributed by atoms with Crippen LogP contribution in [0.5, 0.6) is 0 Å². The summed E-state index contributed by atoms with van der Waals surface area (Å²) in [5, 5.41) is 12.6. The van der Waals surface area contributed by atoms with Crippen LogP contribution in [0.2, 0.25) is 0 Å². The Morgan fingerprint density at radius 2 is 2.20 bits per heavy atom. The molecule has 0 bridgehead atoms. The van der Waals surface area contributed by atoms with E-state index < -0.39 is 5.82 Å². The number of aromatic nitrogens is 2. The second-order valence-corrected chi connectivity index (χ2v) is 3.15. The van der Waals surface area contributed by atoms with Gasteiger partial charge in [0.2, 0.25) is 0 Å². The fraction of sp³-hybridized carbons (Fsp3) is 0.0909. The van der Waals surface area contributed by atoms with Crippen molar-refractivity contribution in [3.05, 3.63) is 41.8 Å². The van der Waals surface area contributed by atoms with Crippen LogP contribution in [-0.4, -0.2) is 9.78 Å². The molecule has 0 aliphatic carbocycles. The zero-order chi connectivity index (χ0) is 10.8. The fourth-order valence-corrected chi connectivity index (χ4v) is 1.43. The third kappa shape index (κ3) is 1.59. The van der Waals surface area contributed by atoms with Crippen molar-refractivity contribution in [3.63, 3.8) is 0 Å². The van der Waals surface area contributed by atoms with Gasteiger partial charge in [0.05, 0.1) is 17.3 Å². The molecule has 0 saturated heterocycles. The van der Waals surface area contributed by atoms with E-state index in [0.717, 1.165) is 0 Å². The Morgan fingerprint density at radius 1 is 1.40 bits per heavy atom. The van der Waals surface area contributed by atoms with E-state index in [4.69, 9.17) is 5.26 Å². The van der Waals surface area contributed by atoms with Gasteiger partial charge in [-0.25, -0.2) is 4.39 Å². The smallest absolute Gasteiger partial charge is 0.133 e. The lowest BCUT2D eigenvalue weighted by atomic mass is 10.1. The molecular formula is C11H8FN3. The lowest BCUT2D eigenvalue weighted by Gasteiger charge is -2.03. The number of rotatable bonds is 1. The second kappa shape index (κ2) is 3.54. The van der Waals surface area contributed by atoms with Gasteiger partial charge in [-0.3, -0.25) is 4.68 Å². The van der Waals surface area contributed by atoms with E-state index in [0.29, 0.717) is 16.8 Å². The van der Waals surface area contributed by atoms with E-state index >= 15 is 0 Å². The summed E-state index contributed by atoms with van der Waals surface area (Å²) in [5.41, 5.74) is 1.46. The summed E-state index contributed by atoms with van der Waals surface area (Å²) in [6.45, 7) is 0. The highest BCUT2D eigenvalue weighted by molar-refractivity contribution is 5.61. The number of halogens is 1. The molecule has 1 aromatic carbocycles. The highest BCUT2D eigenvalue weighted by Crippen LogP contribution is 2.22. The molecule has 0 aliphatic heterocycles. The third-order valence-corrected chi connectivity index (χ3v) is 2.20. The maximum atomic E-state index is 13.6. The molecular weight excluding hydrogens is 193 g/mol. The lowest BCUT2D eigenvalue weighted by Crippen LogP contribution is -1.95. The van der Waals surface area contributed by atoms with Crippen molar-refractivity contribution in [1.82, 2.24) is 9.78 Å². The van der Waals surface area contributed by atoms with Gasteiger partial charge in [-0.2, -0.15) is 10.4 Å². The largest absolute Gasteiger partial charge is 0.268 e. The predicted octanol–water partition coefficient (Wildman–Crippen LogP) is 2.10. The average Bonchev–Trinajstić information content (AvgIpc) is 2.64. The van der Waals surface area contributed by atoms with Crippen LogP contribution in [0.1, 0.15) is 5.56 Å². The first-order valence-corrected chi connectivity index (χ1v) is 4.40. The van der Waals surface area contributed by atoms with Gasteiger partial charge in [-0.05, 0) is 24.3 Å². The Hall–Kier alpha value is -2.15. The molecule has 0 saturated carbocycles. The van der Waals surface area contributed by atoms with Gasteiger partial charge in [0, 0.05) is 18.8 Å². The van der Waals surface area contributed by atoms with Crippen LogP contribution >= 0.6 is 0 Å². The number of nitrogens with zero attached hydrogens (tertiary/aromatic N) is 3. The third-order valence-electron chi connectivity index (χ3n) is 2.20. The standard InChI is InChI=1S/C11H8FN3/c1-15-11(4-5-14-15)9-3-2-8(7-13)6-10(9)12/h2-6H,1H3. The Bertz CT molecular complexity index is 537. The highest BCUT2D eigenvalue weighted by atomic mass is 19.1. The van der Waals surface area contributed by atoms with Gasteiger partial charge >= 0.3 is 0 Å². The Morgan fingerprint density at radius 3 is 2.73 bits per heavy atom. The summed E-state index contributed by atoms with van der Waals surface area (Å²) in [7, 11) is 1.74. The molecule has 0 fully saturated rings. The summed E-state index contributed by atoms with van der Waals surface area (Å²) in [4.78, 5) is 0. The van der Waals surface area contributed by atoms with Gasteiger partial charge < -0.3 is 0 Å². The summed E-state index contributed by atoms with van der Waals surface area (Å²) in [5.74, 6) is -0.405. The number of aryl methyl sites for hydroxylation is 1. The average molecular weight is 201 g/mol. The maximum absolute atomic E-state index is 13.6. The molecule has 0 atom stereocenters.